The molecule has 1 fully saturated rings. The van der Waals surface area contributed by atoms with E-state index in [9.17, 15) is 14.0 Å². The van der Waals surface area contributed by atoms with Crippen LogP contribution in [-0.2, 0) is 11.3 Å². The number of imide groups is 1. The van der Waals surface area contributed by atoms with Crippen LogP contribution < -0.4 is 9.47 Å². The topological polar surface area (TPSA) is 55.8 Å². The molecule has 1 aliphatic rings. The Balaban J connectivity index is 1.80. The molecule has 0 N–H and O–H groups in total. The van der Waals surface area contributed by atoms with Gasteiger partial charge in [-0.1, -0.05) is 18.2 Å². The molecule has 28 heavy (non-hydrogen) atoms. The van der Waals surface area contributed by atoms with Crippen LogP contribution in [0.3, 0.4) is 0 Å². The second kappa shape index (κ2) is 8.48. The molecular formula is C21H20FNO4S. The number of hydrogen-bond donors (Lipinski definition) is 0. The lowest BCUT2D eigenvalue weighted by Crippen LogP contribution is -2.27. The van der Waals surface area contributed by atoms with Crippen LogP contribution in [0.25, 0.3) is 6.08 Å². The number of ether oxygens (including phenoxy) is 2. The molecule has 5 nitrogen and oxygen atoms in total. The number of carbonyl (C=O) groups is 2. The van der Waals surface area contributed by atoms with Crippen molar-refractivity contribution in [2.24, 2.45) is 0 Å². The van der Waals surface area contributed by atoms with Gasteiger partial charge in [-0.2, -0.15) is 0 Å². The van der Waals surface area contributed by atoms with Gasteiger partial charge in [-0.05, 0) is 67.1 Å². The molecule has 1 heterocycles. The zero-order valence-corrected chi connectivity index (χ0v) is 16.6. The molecule has 2 amide bonds. The zero-order chi connectivity index (χ0) is 20.3. The quantitative estimate of drug-likeness (QED) is 0.647. The van der Waals surface area contributed by atoms with Gasteiger partial charge in [0.15, 0.2) is 11.5 Å². The second-order valence-electron chi connectivity index (χ2n) is 6.47. The largest absolute Gasteiger partial charge is 0.493 e. The highest BCUT2D eigenvalue weighted by Crippen LogP contribution is 2.35. The summed E-state index contributed by atoms with van der Waals surface area (Å²) in [5.74, 6) is 0.421. The Morgan fingerprint density at radius 1 is 1.11 bits per heavy atom. The van der Waals surface area contributed by atoms with Gasteiger partial charge < -0.3 is 9.47 Å². The van der Waals surface area contributed by atoms with Crippen molar-refractivity contribution in [1.82, 2.24) is 4.90 Å². The molecule has 7 heteroatoms. The number of amides is 2. The highest BCUT2D eigenvalue weighted by atomic mass is 32.2. The monoisotopic (exact) mass is 401 g/mol. The molecule has 146 valence electrons. The maximum atomic E-state index is 13.0. The van der Waals surface area contributed by atoms with Crippen molar-refractivity contribution in [2.45, 2.75) is 26.5 Å². The number of carbonyl (C=O) groups excluding carboxylic acids is 2. The van der Waals surface area contributed by atoms with Crippen molar-refractivity contribution in [2.75, 3.05) is 7.11 Å². The molecule has 2 aromatic rings. The summed E-state index contributed by atoms with van der Waals surface area (Å²) >= 11 is 0.880. The lowest BCUT2D eigenvalue weighted by atomic mass is 10.1. The highest BCUT2D eigenvalue weighted by Gasteiger charge is 2.35. The van der Waals surface area contributed by atoms with Gasteiger partial charge in [-0.15, -0.1) is 0 Å². The maximum absolute atomic E-state index is 13.0. The summed E-state index contributed by atoms with van der Waals surface area (Å²) in [6, 6.07) is 11.0. The van der Waals surface area contributed by atoms with Crippen LogP contribution in [0.2, 0.25) is 0 Å². The van der Waals surface area contributed by atoms with Crippen molar-refractivity contribution in [3.05, 3.63) is 64.3 Å². The molecular weight excluding hydrogens is 381 g/mol. The molecule has 0 bridgehead atoms. The van der Waals surface area contributed by atoms with Crippen LogP contribution in [0.15, 0.2) is 47.4 Å². The van der Waals surface area contributed by atoms with E-state index in [1.807, 2.05) is 13.8 Å². The highest BCUT2D eigenvalue weighted by molar-refractivity contribution is 8.18. The Bertz CT molecular complexity index is 925. The van der Waals surface area contributed by atoms with Crippen molar-refractivity contribution >= 4 is 29.0 Å². The molecule has 0 spiro atoms. The van der Waals surface area contributed by atoms with E-state index in [-0.39, 0.29) is 29.6 Å². The third-order valence-electron chi connectivity index (χ3n) is 3.98. The van der Waals surface area contributed by atoms with Crippen LogP contribution in [-0.4, -0.2) is 29.3 Å². The van der Waals surface area contributed by atoms with Crippen LogP contribution in [0.4, 0.5) is 9.18 Å². The Morgan fingerprint density at radius 2 is 1.82 bits per heavy atom. The van der Waals surface area contributed by atoms with E-state index in [0.29, 0.717) is 22.0 Å². The van der Waals surface area contributed by atoms with Gasteiger partial charge in [0.25, 0.3) is 11.1 Å². The van der Waals surface area contributed by atoms with Crippen molar-refractivity contribution in [3.8, 4) is 11.5 Å². The van der Waals surface area contributed by atoms with Crippen molar-refractivity contribution < 1.29 is 23.5 Å². The van der Waals surface area contributed by atoms with E-state index in [1.54, 1.807) is 43.5 Å². The molecule has 0 aliphatic carbocycles. The number of methoxy groups -OCH3 is 1. The minimum Gasteiger partial charge on any atom is -0.493 e. The summed E-state index contributed by atoms with van der Waals surface area (Å²) in [7, 11) is 1.54. The van der Waals surface area contributed by atoms with Crippen LogP contribution in [0.5, 0.6) is 11.5 Å². The molecule has 0 unspecified atom stereocenters. The summed E-state index contributed by atoms with van der Waals surface area (Å²) in [6.07, 6.45) is 1.65. The summed E-state index contributed by atoms with van der Waals surface area (Å²) in [4.78, 5) is 26.4. The second-order valence-corrected chi connectivity index (χ2v) is 7.46. The Morgan fingerprint density at radius 3 is 2.46 bits per heavy atom. The average Bonchev–Trinajstić information content (AvgIpc) is 2.91. The molecule has 2 aromatic carbocycles. The molecule has 0 atom stereocenters. The normalized spacial score (nSPS) is 15.6. The fourth-order valence-electron chi connectivity index (χ4n) is 2.69. The lowest BCUT2D eigenvalue weighted by Gasteiger charge is -2.14. The van der Waals surface area contributed by atoms with E-state index in [0.717, 1.165) is 22.2 Å². The molecule has 0 radical (unpaired) electrons. The summed E-state index contributed by atoms with van der Waals surface area (Å²) < 4.78 is 24.1. The summed E-state index contributed by atoms with van der Waals surface area (Å²) in [5.41, 5.74) is 1.40. The third kappa shape index (κ3) is 4.54. The first-order valence-corrected chi connectivity index (χ1v) is 9.53. The van der Waals surface area contributed by atoms with Crippen molar-refractivity contribution in [1.29, 1.82) is 0 Å². The first-order chi connectivity index (χ1) is 13.4. The van der Waals surface area contributed by atoms with Gasteiger partial charge in [0, 0.05) is 0 Å². The smallest absolute Gasteiger partial charge is 0.293 e. The molecule has 0 saturated carbocycles. The lowest BCUT2D eigenvalue weighted by molar-refractivity contribution is -0.123. The number of benzene rings is 2. The van der Waals surface area contributed by atoms with Gasteiger partial charge >= 0.3 is 0 Å². The van der Waals surface area contributed by atoms with Crippen LogP contribution in [0.1, 0.15) is 25.0 Å². The Kier molecular flexibility index (Phi) is 6.04. The predicted octanol–water partition coefficient (Wildman–Crippen LogP) is 4.86. The van der Waals surface area contributed by atoms with E-state index < -0.39 is 0 Å². The molecule has 0 aromatic heterocycles. The fourth-order valence-corrected chi connectivity index (χ4v) is 3.52. The third-order valence-corrected chi connectivity index (χ3v) is 4.88. The molecule has 3 rings (SSSR count). The maximum Gasteiger partial charge on any atom is 0.293 e. The predicted molar refractivity (Wildman–Crippen MR) is 107 cm³/mol. The van der Waals surface area contributed by atoms with Gasteiger partial charge in [0.05, 0.1) is 24.7 Å². The van der Waals surface area contributed by atoms with Gasteiger partial charge in [0.1, 0.15) is 5.82 Å². The van der Waals surface area contributed by atoms with Crippen LogP contribution in [0, 0.1) is 5.82 Å². The fraction of sp³-hybridized carbons (Fsp3) is 0.238. The minimum atomic E-state index is -0.374. The average molecular weight is 401 g/mol. The number of hydrogen-bond acceptors (Lipinski definition) is 5. The van der Waals surface area contributed by atoms with Crippen LogP contribution >= 0.6 is 11.8 Å². The molecule has 1 saturated heterocycles. The number of halogens is 1. The standard InChI is InChI=1S/C21H20FNO4S/c1-13(2)27-17-9-6-15(10-18(17)26-3)11-19-20(24)23(21(25)28-19)12-14-4-7-16(22)8-5-14/h4-11,13H,12H2,1-3H3/b19-11-. The number of nitrogens with zero attached hydrogens (tertiary/aromatic N) is 1. The zero-order valence-electron chi connectivity index (χ0n) is 15.8. The number of rotatable bonds is 6. The van der Waals surface area contributed by atoms with Gasteiger partial charge in [-0.25, -0.2) is 4.39 Å². The molecule has 1 aliphatic heterocycles. The van der Waals surface area contributed by atoms with Gasteiger partial charge in [0.2, 0.25) is 0 Å². The minimum absolute atomic E-state index is 0.00251. The first kappa shape index (κ1) is 19.9. The van der Waals surface area contributed by atoms with E-state index in [4.69, 9.17) is 9.47 Å². The van der Waals surface area contributed by atoms with E-state index >= 15 is 0 Å². The Hall–Kier alpha value is -2.80. The summed E-state index contributed by atoms with van der Waals surface area (Å²) in [5, 5.41) is -0.354. The summed E-state index contributed by atoms with van der Waals surface area (Å²) in [6.45, 7) is 3.95. The Labute approximate surface area is 167 Å². The van der Waals surface area contributed by atoms with Gasteiger partial charge in [-0.3, -0.25) is 14.5 Å². The van der Waals surface area contributed by atoms with E-state index in [1.165, 1.54) is 12.1 Å². The van der Waals surface area contributed by atoms with Crippen molar-refractivity contribution in [3.63, 3.8) is 0 Å². The van der Waals surface area contributed by atoms with E-state index in [2.05, 4.69) is 0 Å². The SMILES string of the molecule is COc1cc(/C=C2\SC(=O)N(Cc3ccc(F)cc3)C2=O)ccc1OC(C)C. The number of thioether (sulfide) groups is 1. The first-order valence-electron chi connectivity index (χ1n) is 8.72.